The molecule has 0 heterocycles. The Labute approximate surface area is 473 Å². The van der Waals surface area contributed by atoms with Gasteiger partial charge in [-0.3, -0.25) is 0 Å². The molecule has 38 heavy (non-hydrogen) atoms. The average molecular weight is 742 g/mol. The van der Waals surface area contributed by atoms with Crippen LogP contribution in [0.3, 0.4) is 0 Å². The van der Waals surface area contributed by atoms with Crippen LogP contribution in [0.25, 0.3) is 0 Å². The molecule has 0 saturated heterocycles. The first-order valence-electron chi connectivity index (χ1n) is 13.2. The number of hydrogen-bond donors (Lipinski definition) is 0. The second-order valence-corrected chi connectivity index (χ2v) is 10.7. The Morgan fingerprint density at radius 2 is 0.500 bits per heavy atom. The third-order valence-corrected chi connectivity index (χ3v) is 8.31. The Morgan fingerprint density at radius 3 is 0.711 bits per heavy atom. The van der Waals surface area contributed by atoms with Gasteiger partial charge in [-0.25, -0.2) is 0 Å². The molecule has 4 fully saturated rings. The molecule has 0 spiro atoms. The summed E-state index contributed by atoms with van der Waals surface area (Å²) < 4.78 is 24.9. The fourth-order valence-corrected chi connectivity index (χ4v) is 6.19. The van der Waals surface area contributed by atoms with Gasteiger partial charge in [-0.15, -0.1) is 0 Å². The summed E-state index contributed by atoms with van der Waals surface area (Å²) in [5.41, 5.74) is 0. The molecule has 4 aliphatic rings. The molecule has 0 N–H and O–H groups in total. The molecule has 0 atom stereocenters. The van der Waals surface area contributed by atoms with Crippen molar-refractivity contribution in [2.24, 2.45) is 5.92 Å². The maximum Gasteiger partial charge on any atom is 0.0580 e. The van der Waals surface area contributed by atoms with E-state index in [1.165, 1.54) is 89.9 Å². The van der Waals surface area contributed by atoms with Crippen molar-refractivity contribution in [3.63, 3.8) is 0 Å². The van der Waals surface area contributed by atoms with Crippen LogP contribution >= 0.6 is 0 Å². The molecule has 0 aliphatic heterocycles. The molecule has 238 valence electrons. The minimum Gasteiger partial charge on any atom is -0.381 e. The number of rotatable bonds is 7. The molecule has 4 nitrogen and oxygen atoms in total. The van der Waals surface area contributed by atoms with Gasteiger partial charge in [0.05, 0.1) is 42.7 Å². The van der Waals surface area contributed by atoms with Crippen LogP contribution in [0.15, 0.2) is 0 Å². The van der Waals surface area contributed by atoms with Crippen molar-refractivity contribution in [2.45, 2.75) is 152 Å². The van der Waals surface area contributed by atoms with Crippen molar-refractivity contribution in [2.75, 3.05) is 7.11 Å². The monoisotopic (exact) mass is 742 g/mol. The molecule has 0 unspecified atom stereocenters. The van der Waals surface area contributed by atoms with Gasteiger partial charge >= 0.3 is 0 Å². The predicted molar refractivity (Wildman–Crippen MR) is 120 cm³/mol. The fourth-order valence-electron chi connectivity index (χ4n) is 6.19. The molecule has 4 saturated carbocycles. The van der Waals surface area contributed by atoms with Gasteiger partial charge in [-0.1, -0.05) is 6.92 Å². The Balaban J connectivity index is -0.000000454. The van der Waals surface area contributed by atoms with E-state index in [-0.39, 0.29) is 302 Å². The van der Waals surface area contributed by atoms with Crippen LogP contribution in [0.1, 0.15) is 110 Å². The molecule has 0 radical (unpaired) electrons. The van der Waals surface area contributed by atoms with Crippen LogP contribution in [0.2, 0.25) is 0 Å². The van der Waals surface area contributed by atoms with E-state index in [0.29, 0.717) is 42.7 Å². The number of methoxy groups -OCH3 is 1. The Bertz CT molecular complexity index is 494. The number of ether oxygens (including phenoxy) is 4. The molecule has 4 aliphatic carbocycles. The minimum absolute atomic E-state index is 0. The zero-order valence-corrected chi connectivity index (χ0v) is 28.1. The van der Waals surface area contributed by atoms with Crippen molar-refractivity contribution in [3.8, 4) is 0 Å². The smallest absolute Gasteiger partial charge is 0.0580 e. The first-order valence-corrected chi connectivity index (χ1v) is 13.2. The summed E-state index contributed by atoms with van der Waals surface area (Å²) in [4.78, 5) is 0. The molecule has 0 bridgehead atoms. The van der Waals surface area contributed by atoms with Crippen LogP contribution in [0, 0.1) is 308 Å². The van der Waals surface area contributed by atoms with Gasteiger partial charge in [-0.05, 0) is 109 Å². The minimum atomic E-state index is 0. The largest absolute Gasteiger partial charge is 0.381 e. The molecule has 0 aromatic heterocycles. The molecular formula is C26H46Ar8O4. The van der Waals surface area contributed by atoms with Gasteiger partial charge in [0.15, 0.2) is 0 Å². The zero-order valence-electron chi connectivity index (χ0n) is 22.4. The zero-order chi connectivity index (χ0) is 20.8. The van der Waals surface area contributed by atoms with Crippen molar-refractivity contribution < 1.29 is 321 Å². The Kier molecular flexibility index (Phi) is 51.3. The van der Waals surface area contributed by atoms with Crippen molar-refractivity contribution >= 4 is 0 Å². The molecule has 12 heteroatoms. The van der Waals surface area contributed by atoms with Gasteiger partial charge in [0.2, 0.25) is 0 Å². The summed E-state index contributed by atoms with van der Waals surface area (Å²) in [5, 5.41) is 0. The van der Waals surface area contributed by atoms with E-state index < -0.39 is 0 Å². The van der Waals surface area contributed by atoms with Crippen LogP contribution in [-0.2, 0) is 18.9 Å². The predicted octanol–water partition coefficient (Wildman–Crippen LogP) is 6.19. The third kappa shape index (κ3) is 22.7. The summed E-state index contributed by atoms with van der Waals surface area (Å²) >= 11 is 0. The van der Waals surface area contributed by atoms with Gasteiger partial charge in [0.1, 0.15) is 0 Å². The van der Waals surface area contributed by atoms with Gasteiger partial charge in [0.25, 0.3) is 0 Å². The Morgan fingerprint density at radius 1 is 0.316 bits per heavy atom. The van der Waals surface area contributed by atoms with E-state index in [4.69, 9.17) is 18.9 Å². The van der Waals surface area contributed by atoms with Crippen LogP contribution in [0.4, 0.5) is 0 Å². The molecule has 4 rings (SSSR count). The first-order chi connectivity index (χ1) is 14.7. The van der Waals surface area contributed by atoms with E-state index in [9.17, 15) is 0 Å². The second-order valence-electron chi connectivity index (χ2n) is 10.7. The molecule has 0 aromatic rings. The van der Waals surface area contributed by atoms with Crippen molar-refractivity contribution in [3.05, 3.63) is 0 Å². The molecule has 0 aromatic carbocycles. The topological polar surface area (TPSA) is 36.9 Å². The number of hydrogen-bond acceptors (Lipinski definition) is 4. The molecule has 0 amide bonds. The van der Waals surface area contributed by atoms with Crippen molar-refractivity contribution in [1.29, 1.82) is 0 Å². The third-order valence-electron chi connectivity index (χ3n) is 8.31. The fraction of sp³-hybridized carbons (Fsp3) is 1.00. The van der Waals surface area contributed by atoms with Gasteiger partial charge in [-0.2, -0.15) is 0 Å². The molecular weight excluding hydrogens is 696 g/mol. The van der Waals surface area contributed by atoms with Gasteiger partial charge < -0.3 is 18.9 Å². The summed E-state index contributed by atoms with van der Waals surface area (Å²) in [5.74, 6) is 0.903. The van der Waals surface area contributed by atoms with Crippen LogP contribution in [-0.4, -0.2) is 49.8 Å². The normalized spacial score (nSPS) is 34.3. The van der Waals surface area contributed by atoms with E-state index in [1.54, 1.807) is 0 Å². The van der Waals surface area contributed by atoms with E-state index in [2.05, 4.69) is 6.92 Å². The SMILES string of the molecule is COC1CCC(OC2CCC(OC3CCC(OC4CCC(C)CC4)CC3)CC2)CC1.[Ar].[Ar].[Ar].[Ar].[Ar].[Ar].[Ar].[Ar]. The summed E-state index contributed by atoms with van der Waals surface area (Å²) in [6.45, 7) is 2.38. The maximum absolute atomic E-state index is 6.52. The summed E-state index contributed by atoms with van der Waals surface area (Å²) in [7, 11) is 1.84. The standard InChI is InChI=1S/C26H46O4.8Ar/c1-19-3-5-21(6-4-19)28-23-11-13-25(14-12-23)30-26-17-15-24(16-18-26)29-22-9-7-20(27-2)8-10-22;;;;;;;;/h19-26H,3-18H2,1-2H3;;;;;;;;. The summed E-state index contributed by atoms with van der Waals surface area (Å²) in [6.07, 6.45) is 22.7. The maximum atomic E-state index is 6.52. The van der Waals surface area contributed by atoms with Crippen LogP contribution < -0.4 is 0 Å². The van der Waals surface area contributed by atoms with Crippen molar-refractivity contribution in [1.82, 2.24) is 0 Å². The first kappa shape index (κ1) is 57.3. The van der Waals surface area contributed by atoms with E-state index in [0.717, 1.165) is 18.8 Å². The summed E-state index contributed by atoms with van der Waals surface area (Å²) in [6, 6.07) is 0. The average Bonchev–Trinajstić information content (AvgIpc) is 2.78. The quantitative estimate of drug-likeness (QED) is 0.312. The van der Waals surface area contributed by atoms with E-state index in [1.807, 2.05) is 7.11 Å². The Hall–Kier alpha value is 9.92. The second kappa shape index (κ2) is 34.0. The van der Waals surface area contributed by atoms with Crippen LogP contribution in [0.5, 0.6) is 0 Å². The van der Waals surface area contributed by atoms with E-state index >= 15 is 0 Å². The van der Waals surface area contributed by atoms with Gasteiger partial charge in [0, 0.05) is 309 Å².